The summed E-state index contributed by atoms with van der Waals surface area (Å²) < 4.78 is 46.5. The molecular weight excluding hydrogens is 427 g/mol. The molecule has 0 saturated heterocycles. The van der Waals surface area contributed by atoms with Gasteiger partial charge in [0.2, 0.25) is 11.8 Å². The van der Waals surface area contributed by atoms with Crippen molar-refractivity contribution < 1.29 is 32.6 Å². The lowest BCUT2D eigenvalue weighted by molar-refractivity contribution is -0.139. The van der Waals surface area contributed by atoms with Crippen LogP contribution in [0.3, 0.4) is 0 Å². The van der Waals surface area contributed by atoms with Gasteiger partial charge in [-0.1, -0.05) is 0 Å². The first kappa shape index (κ1) is 20.7. The third kappa shape index (κ3) is 3.47. The Morgan fingerprint density at radius 1 is 1.19 bits per heavy atom. The molecule has 2 N–H and O–H groups in total. The van der Waals surface area contributed by atoms with Gasteiger partial charge in [0.05, 0.1) is 16.8 Å². The zero-order valence-electron chi connectivity index (χ0n) is 16.9. The number of nitrogens with zero attached hydrogens (tertiary/aromatic N) is 2. The quantitative estimate of drug-likeness (QED) is 0.726. The minimum absolute atomic E-state index is 0.135. The second kappa shape index (κ2) is 7.18. The van der Waals surface area contributed by atoms with E-state index in [4.69, 9.17) is 4.74 Å². The number of halogens is 3. The van der Waals surface area contributed by atoms with Crippen molar-refractivity contribution in [2.24, 2.45) is 0 Å². The van der Waals surface area contributed by atoms with Gasteiger partial charge in [-0.3, -0.25) is 4.79 Å². The van der Waals surface area contributed by atoms with Crippen molar-refractivity contribution in [1.82, 2.24) is 9.97 Å². The lowest BCUT2D eigenvalue weighted by Crippen LogP contribution is -2.41. The molecule has 3 heterocycles. The van der Waals surface area contributed by atoms with Crippen molar-refractivity contribution in [3.05, 3.63) is 46.9 Å². The molecule has 7 nitrogen and oxygen atoms in total. The Labute approximate surface area is 181 Å². The number of aromatic carboxylic acids is 1. The number of aromatic nitrogens is 2. The number of carboxylic acid groups (broad SMARTS) is 1. The summed E-state index contributed by atoms with van der Waals surface area (Å²) in [6.45, 7) is 0. The highest BCUT2D eigenvalue weighted by Gasteiger charge is 2.51. The van der Waals surface area contributed by atoms with Crippen LogP contribution in [-0.2, 0) is 16.4 Å². The Balaban J connectivity index is 1.36. The van der Waals surface area contributed by atoms with Gasteiger partial charge in [-0.15, -0.1) is 0 Å². The summed E-state index contributed by atoms with van der Waals surface area (Å²) in [6, 6.07) is 3.97. The lowest BCUT2D eigenvalue weighted by atomic mass is 9.71. The number of fused-ring (bicyclic) bond motifs is 2. The molecule has 0 atom stereocenters. The van der Waals surface area contributed by atoms with E-state index in [0.717, 1.165) is 18.9 Å². The van der Waals surface area contributed by atoms with Crippen LogP contribution < -0.4 is 10.1 Å². The van der Waals surface area contributed by atoms with Crippen LogP contribution in [0, 0.1) is 0 Å². The predicted octanol–water partition coefficient (Wildman–Crippen LogP) is 4.28. The van der Waals surface area contributed by atoms with Gasteiger partial charge in [-0.2, -0.15) is 13.2 Å². The Kier molecular flexibility index (Phi) is 4.65. The number of rotatable bonds is 4. The smallest absolute Gasteiger partial charge is 0.421 e. The van der Waals surface area contributed by atoms with E-state index >= 15 is 0 Å². The average Bonchev–Trinajstić information content (AvgIpc) is 3.56. The maximum absolute atomic E-state index is 13.6. The Morgan fingerprint density at radius 2 is 1.91 bits per heavy atom. The van der Waals surface area contributed by atoms with Gasteiger partial charge in [-0.05, 0) is 68.2 Å². The first-order valence-electron chi connectivity index (χ1n) is 10.5. The van der Waals surface area contributed by atoms with E-state index in [0.29, 0.717) is 29.8 Å². The first-order valence-corrected chi connectivity index (χ1v) is 10.5. The third-order valence-electron chi connectivity index (χ3n) is 6.54. The topological polar surface area (TPSA) is 101 Å². The number of carboxylic acids is 1. The molecule has 0 bridgehead atoms. The number of ether oxygens (including phenoxy) is 1. The van der Waals surface area contributed by atoms with Gasteiger partial charge in [0.25, 0.3) is 0 Å². The number of anilines is 1. The maximum atomic E-state index is 13.6. The highest BCUT2D eigenvalue weighted by Crippen LogP contribution is 2.48. The van der Waals surface area contributed by atoms with Crippen LogP contribution in [0.2, 0.25) is 0 Å². The third-order valence-corrected chi connectivity index (χ3v) is 6.54. The molecule has 0 unspecified atom stereocenters. The highest BCUT2D eigenvalue weighted by molar-refractivity contribution is 6.06. The number of nitrogens with one attached hydrogen (secondary N) is 1. The van der Waals surface area contributed by atoms with Crippen molar-refractivity contribution in [2.45, 2.75) is 62.1 Å². The van der Waals surface area contributed by atoms with E-state index < -0.39 is 35.1 Å². The minimum atomic E-state index is -4.58. The summed E-state index contributed by atoms with van der Waals surface area (Å²) in [5, 5.41) is 12.0. The largest absolute Gasteiger partial charge is 0.477 e. The predicted molar refractivity (Wildman–Crippen MR) is 106 cm³/mol. The zero-order valence-corrected chi connectivity index (χ0v) is 16.9. The fourth-order valence-electron chi connectivity index (χ4n) is 4.62. The molecule has 1 spiro atoms. The van der Waals surface area contributed by atoms with Crippen molar-refractivity contribution in [3.8, 4) is 5.88 Å². The second-order valence-corrected chi connectivity index (χ2v) is 8.64. The number of hydrogen-bond acceptors (Lipinski definition) is 5. The van der Waals surface area contributed by atoms with Gasteiger partial charge in [0.15, 0.2) is 0 Å². The van der Waals surface area contributed by atoms with E-state index in [2.05, 4.69) is 15.3 Å². The molecule has 1 aliphatic heterocycles. The monoisotopic (exact) mass is 447 g/mol. The van der Waals surface area contributed by atoms with Crippen molar-refractivity contribution >= 4 is 17.6 Å². The number of carbonyl (C=O) groups is 2. The van der Waals surface area contributed by atoms with Gasteiger partial charge in [0, 0.05) is 6.20 Å². The molecule has 5 rings (SSSR count). The zero-order chi connectivity index (χ0) is 22.7. The first-order chi connectivity index (χ1) is 15.2. The Bertz CT molecular complexity index is 1110. The molecule has 2 saturated carbocycles. The summed E-state index contributed by atoms with van der Waals surface area (Å²) in [5.41, 5.74) is -0.616. The lowest BCUT2D eigenvalue weighted by Gasteiger charge is -2.35. The Morgan fingerprint density at radius 3 is 2.53 bits per heavy atom. The standard InChI is InChI=1S/C22H20F3N3O4/c23-22(24,25)14-9-12(11-1-2-11)10-26-18(14)32-13-5-7-21(8-6-13)17-15(28-20(21)31)3-4-16(27-17)19(29)30/h3-4,9-11,13H,1-2,5-8H2,(H,28,31)(H,29,30)/t13-,21-. The van der Waals surface area contributed by atoms with E-state index in [-0.39, 0.29) is 30.4 Å². The normalized spacial score (nSPS) is 24.8. The van der Waals surface area contributed by atoms with Crippen LogP contribution >= 0.6 is 0 Å². The summed E-state index contributed by atoms with van der Waals surface area (Å²) in [7, 11) is 0. The van der Waals surface area contributed by atoms with Crippen molar-refractivity contribution in [3.63, 3.8) is 0 Å². The average molecular weight is 447 g/mol. The van der Waals surface area contributed by atoms with Crippen LogP contribution in [0.1, 0.15) is 71.8 Å². The van der Waals surface area contributed by atoms with Gasteiger partial charge < -0.3 is 15.2 Å². The summed E-state index contributed by atoms with van der Waals surface area (Å²) in [6.07, 6.45) is -0.738. The maximum Gasteiger partial charge on any atom is 0.421 e. The number of pyridine rings is 2. The molecule has 1 amide bonds. The SMILES string of the molecule is O=C(O)c1ccc2c(n1)[C@]1(CC[C@@H](Oc3ncc(C4CC4)cc3C(F)(F)F)CC1)C(=O)N2. The van der Waals surface area contributed by atoms with Crippen LogP contribution in [0.25, 0.3) is 0 Å². The van der Waals surface area contributed by atoms with E-state index in [1.165, 1.54) is 18.3 Å². The van der Waals surface area contributed by atoms with Crippen LogP contribution in [0.15, 0.2) is 24.4 Å². The fourth-order valence-corrected chi connectivity index (χ4v) is 4.62. The number of carbonyl (C=O) groups excluding carboxylic acids is 1. The van der Waals surface area contributed by atoms with Gasteiger partial charge >= 0.3 is 12.1 Å². The number of alkyl halides is 3. The van der Waals surface area contributed by atoms with Gasteiger partial charge in [-0.25, -0.2) is 14.8 Å². The summed E-state index contributed by atoms with van der Waals surface area (Å²) in [5.74, 6) is -1.77. The van der Waals surface area contributed by atoms with Crippen molar-refractivity contribution in [2.75, 3.05) is 5.32 Å². The molecule has 0 aromatic carbocycles. The Hall–Kier alpha value is -3.17. The van der Waals surface area contributed by atoms with E-state index in [1.807, 2.05) is 0 Å². The van der Waals surface area contributed by atoms with E-state index in [1.54, 1.807) is 0 Å². The molecule has 2 aromatic heterocycles. The molecule has 32 heavy (non-hydrogen) atoms. The number of hydrogen-bond donors (Lipinski definition) is 2. The summed E-state index contributed by atoms with van der Waals surface area (Å²) in [4.78, 5) is 32.2. The van der Waals surface area contributed by atoms with Crippen LogP contribution in [0.4, 0.5) is 18.9 Å². The summed E-state index contributed by atoms with van der Waals surface area (Å²) >= 11 is 0. The van der Waals surface area contributed by atoms with Crippen LogP contribution in [-0.4, -0.2) is 33.1 Å². The van der Waals surface area contributed by atoms with Crippen molar-refractivity contribution in [1.29, 1.82) is 0 Å². The molecule has 2 fully saturated rings. The molecular formula is C22H20F3N3O4. The molecule has 2 aromatic rings. The van der Waals surface area contributed by atoms with Gasteiger partial charge in [0.1, 0.15) is 17.4 Å². The van der Waals surface area contributed by atoms with E-state index in [9.17, 15) is 27.9 Å². The second-order valence-electron chi connectivity index (χ2n) is 8.64. The van der Waals surface area contributed by atoms with Crippen LogP contribution in [0.5, 0.6) is 5.88 Å². The molecule has 0 radical (unpaired) electrons. The molecule has 3 aliphatic rings. The highest BCUT2D eigenvalue weighted by atomic mass is 19.4. The fraction of sp³-hybridized carbons (Fsp3) is 0.455. The molecule has 10 heteroatoms. The number of amides is 1. The minimum Gasteiger partial charge on any atom is -0.477 e. The molecule has 2 aliphatic carbocycles. The molecule has 168 valence electrons.